The number of nitrogen functional groups attached to an aromatic ring is 1. The quantitative estimate of drug-likeness (QED) is 0.667. The third-order valence-corrected chi connectivity index (χ3v) is 5.14. The number of ether oxygens (including phenoxy) is 1. The monoisotopic (exact) mass is 363 g/mol. The normalized spacial score (nSPS) is 19.0. The molecule has 2 aromatic rings. The Bertz CT molecular complexity index is 842. The fourth-order valence-electron chi connectivity index (χ4n) is 3.67. The lowest BCUT2D eigenvalue weighted by atomic mass is 10.1. The van der Waals surface area contributed by atoms with E-state index >= 15 is 0 Å². The largest absolute Gasteiger partial charge is 0.449 e. The van der Waals surface area contributed by atoms with Crippen molar-refractivity contribution in [3.8, 4) is 5.75 Å². The van der Waals surface area contributed by atoms with Gasteiger partial charge in [-0.05, 0) is 55.8 Å². The minimum Gasteiger partial charge on any atom is -0.449 e. The number of nitrogens with zero attached hydrogens (tertiary/aromatic N) is 2. The molecule has 1 amide bonds. The van der Waals surface area contributed by atoms with Crippen molar-refractivity contribution in [3.05, 3.63) is 59.9 Å². The van der Waals surface area contributed by atoms with Gasteiger partial charge in [0.25, 0.3) is 5.91 Å². The third-order valence-electron chi connectivity index (χ3n) is 5.14. The SMILES string of the molecule is Nc1ccc2c(c1)N(CCN1CCCCC1)C(=O)/C(=C\c1ccccc1)O2. The summed E-state index contributed by atoms with van der Waals surface area (Å²) in [5.41, 5.74) is 8.29. The van der Waals surface area contributed by atoms with E-state index < -0.39 is 0 Å². The van der Waals surface area contributed by atoms with E-state index in [4.69, 9.17) is 10.5 Å². The molecule has 4 rings (SSSR count). The zero-order valence-corrected chi connectivity index (χ0v) is 15.4. The Morgan fingerprint density at radius 2 is 1.78 bits per heavy atom. The minimum absolute atomic E-state index is 0.117. The maximum absolute atomic E-state index is 13.1. The number of likely N-dealkylation sites (tertiary alicyclic amines) is 1. The summed E-state index contributed by atoms with van der Waals surface area (Å²) >= 11 is 0. The number of hydrogen-bond donors (Lipinski definition) is 1. The molecule has 0 atom stereocenters. The van der Waals surface area contributed by atoms with Gasteiger partial charge in [0.1, 0.15) is 0 Å². The van der Waals surface area contributed by atoms with E-state index in [2.05, 4.69) is 4.90 Å². The summed E-state index contributed by atoms with van der Waals surface area (Å²) in [7, 11) is 0. The van der Waals surface area contributed by atoms with E-state index in [1.54, 1.807) is 17.0 Å². The average molecular weight is 363 g/mol. The van der Waals surface area contributed by atoms with Crippen molar-refractivity contribution in [1.29, 1.82) is 0 Å². The number of nitrogens with two attached hydrogens (primary N) is 1. The minimum atomic E-state index is -0.117. The first-order chi connectivity index (χ1) is 13.2. The van der Waals surface area contributed by atoms with Crippen molar-refractivity contribution in [1.82, 2.24) is 4.90 Å². The van der Waals surface area contributed by atoms with Crippen LogP contribution in [0.1, 0.15) is 24.8 Å². The lowest BCUT2D eigenvalue weighted by Gasteiger charge is -2.33. The summed E-state index contributed by atoms with van der Waals surface area (Å²) < 4.78 is 5.93. The first kappa shape index (κ1) is 17.6. The van der Waals surface area contributed by atoms with Crippen LogP contribution in [0.15, 0.2) is 54.3 Å². The maximum atomic E-state index is 13.1. The molecular weight excluding hydrogens is 338 g/mol. The van der Waals surface area contributed by atoms with Crippen LogP contribution in [0.5, 0.6) is 5.75 Å². The first-order valence-electron chi connectivity index (χ1n) is 9.59. The molecule has 1 saturated heterocycles. The predicted molar refractivity (Wildman–Crippen MR) is 109 cm³/mol. The lowest BCUT2D eigenvalue weighted by Crippen LogP contribution is -2.43. The molecule has 0 bridgehead atoms. The third kappa shape index (κ3) is 3.98. The van der Waals surface area contributed by atoms with E-state index in [0.717, 1.165) is 30.9 Å². The number of hydrogen-bond acceptors (Lipinski definition) is 4. The Morgan fingerprint density at radius 1 is 1.00 bits per heavy atom. The number of anilines is 2. The van der Waals surface area contributed by atoms with Crippen molar-refractivity contribution < 1.29 is 9.53 Å². The molecule has 2 aliphatic heterocycles. The van der Waals surface area contributed by atoms with Gasteiger partial charge in [0.15, 0.2) is 11.5 Å². The highest BCUT2D eigenvalue weighted by molar-refractivity contribution is 6.10. The second-order valence-corrected chi connectivity index (χ2v) is 7.11. The molecule has 2 aliphatic rings. The summed E-state index contributed by atoms with van der Waals surface area (Å²) in [5.74, 6) is 0.899. The standard InChI is InChI=1S/C22H25N3O2/c23-18-9-10-20-19(16-18)25(14-13-24-11-5-2-6-12-24)22(26)21(27-20)15-17-7-3-1-4-8-17/h1,3-4,7-10,15-16H,2,5-6,11-14,23H2/b21-15+. The first-order valence-corrected chi connectivity index (χ1v) is 9.59. The molecule has 0 unspecified atom stereocenters. The van der Waals surface area contributed by atoms with Gasteiger partial charge >= 0.3 is 0 Å². The summed E-state index contributed by atoms with van der Waals surface area (Å²) in [6, 6.07) is 15.2. The van der Waals surface area contributed by atoms with Gasteiger partial charge < -0.3 is 20.3 Å². The smallest absolute Gasteiger partial charge is 0.294 e. The van der Waals surface area contributed by atoms with Gasteiger partial charge in [-0.3, -0.25) is 4.79 Å². The number of carbonyl (C=O) groups excluding carboxylic acids is 1. The van der Waals surface area contributed by atoms with Gasteiger partial charge in [-0.15, -0.1) is 0 Å². The van der Waals surface area contributed by atoms with Crippen LogP contribution in [-0.4, -0.2) is 37.0 Å². The highest BCUT2D eigenvalue weighted by Crippen LogP contribution is 2.37. The van der Waals surface area contributed by atoms with Crippen molar-refractivity contribution in [2.24, 2.45) is 0 Å². The van der Waals surface area contributed by atoms with Crippen LogP contribution in [-0.2, 0) is 4.79 Å². The van der Waals surface area contributed by atoms with Crippen LogP contribution < -0.4 is 15.4 Å². The molecule has 140 valence electrons. The molecule has 2 heterocycles. The number of rotatable bonds is 4. The topological polar surface area (TPSA) is 58.8 Å². The molecule has 27 heavy (non-hydrogen) atoms. The van der Waals surface area contributed by atoms with Gasteiger partial charge in [-0.2, -0.15) is 0 Å². The van der Waals surface area contributed by atoms with Crippen LogP contribution >= 0.6 is 0 Å². The van der Waals surface area contributed by atoms with E-state index in [1.807, 2.05) is 42.5 Å². The Morgan fingerprint density at radius 3 is 2.56 bits per heavy atom. The number of piperidine rings is 1. The fraction of sp³-hybridized carbons (Fsp3) is 0.318. The zero-order valence-electron chi connectivity index (χ0n) is 15.4. The Labute approximate surface area is 160 Å². The van der Waals surface area contributed by atoms with Crippen LogP contribution in [0.4, 0.5) is 11.4 Å². The lowest BCUT2D eigenvalue weighted by molar-refractivity contribution is -0.117. The molecule has 0 spiro atoms. The Hall–Kier alpha value is -2.79. The molecule has 0 radical (unpaired) electrons. The predicted octanol–water partition coefficient (Wildman–Crippen LogP) is 3.52. The molecule has 2 N–H and O–H groups in total. The van der Waals surface area contributed by atoms with E-state index in [1.165, 1.54) is 19.3 Å². The van der Waals surface area contributed by atoms with Crippen LogP contribution in [0.2, 0.25) is 0 Å². The van der Waals surface area contributed by atoms with Crippen LogP contribution in [0.3, 0.4) is 0 Å². The number of amides is 1. The van der Waals surface area contributed by atoms with Gasteiger partial charge in [0.2, 0.25) is 0 Å². The Balaban J connectivity index is 1.61. The second-order valence-electron chi connectivity index (χ2n) is 7.11. The molecule has 2 aromatic carbocycles. The van der Waals surface area contributed by atoms with Crippen molar-refractivity contribution in [2.75, 3.05) is 36.8 Å². The molecule has 1 fully saturated rings. The maximum Gasteiger partial charge on any atom is 0.294 e. The summed E-state index contributed by atoms with van der Waals surface area (Å²) in [6.07, 6.45) is 5.57. The fourth-order valence-corrected chi connectivity index (χ4v) is 3.67. The molecule has 0 aliphatic carbocycles. The van der Waals surface area contributed by atoms with Gasteiger partial charge in [-0.25, -0.2) is 0 Å². The number of fused-ring (bicyclic) bond motifs is 1. The van der Waals surface area contributed by atoms with Crippen molar-refractivity contribution in [3.63, 3.8) is 0 Å². The Kier molecular flexibility index (Phi) is 5.12. The van der Waals surface area contributed by atoms with E-state index in [9.17, 15) is 4.79 Å². The highest BCUT2D eigenvalue weighted by atomic mass is 16.5. The number of benzene rings is 2. The van der Waals surface area contributed by atoms with Gasteiger partial charge in [0, 0.05) is 18.8 Å². The summed E-state index contributed by atoms with van der Waals surface area (Å²) in [4.78, 5) is 17.4. The molecule has 0 aromatic heterocycles. The van der Waals surface area contributed by atoms with Crippen LogP contribution in [0.25, 0.3) is 6.08 Å². The molecule has 5 heteroatoms. The highest BCUT2D eigenvalue weighted by Gasteiger charge is 2.30. The van der Waals surface area contributed by atoms with E-state index in [-0.39, 0.29) is 5.91 Å². The number of carbonyl (C=O) groups is 1. The summed E-state index contributed by atoms with van der Waals surface area (Å²) in [6.45, 7) is 3.70. The molecule has 5 nitrogen and oxygen atoms in total. The van der Waals surface area contributed by atoms with Crippen LogP contribution in [0, 0.1) is 0 Å². The van der Waals surface area contributed by atoms with Crippen molar-refractivity contribution in [2.45, 2.75) is 19.3 Å². The van der Waals surface area contributed by atoms with E-state index in [0.29, 0.717) is 23.7 Å². The second kappa shape index (κ2) is 7.84. The van der Waals surface area contributed by atoms with Gasteiger partial charge in [-0.1, -0.05) is 36.8 Å². The summed E-state index contributed by atoms with van der Waals surface area (Å²) in [5, 5.41) is 0. The van der Waals surface area contributed by atoms with Crippen molar-refractivity contribution >= 4 is 23.4 Å². The zero-order chi connectivity index (χ0) is 18.6. The molecule has 0 saturated carbocycles. The van der Waals surface area contributed by atoms with Gasteiger partial charge in [0.05, 0.1) is 5.69 Å². The average Bonchev–Trinajstić information content (AvgIpc) is 2.70. The molecular formula is C22H25N3O2.